The number of carboxylic acids is 1. The highest BCUT2D eigenvalue weighted by molar-refractivity contribution is 5.72. The van der Waals surface area contributed by atoms with Gasteiger partial charge in [0, 0.05) is 0 Å². The fourth-order valence-corrected chi connectivity index (χ4v) is 0.991. The predicted molar refractivity (Wildman–Crippen MR) is 48.7 cm³/mol. The predicted octanol–water partition coefficient (Wildman–Crippen LogP) is 0.554. The van der Waals surface area contributed by atoms with Crippen LogP contribution in [0.2, 0.25) is 0 Å². The molecule has 0 aliphatic heterocycles. The molecule has 0 spiro atoms. The second-order valence-corrected chi connectivity index (χ2v) is 3.86. The van der Waals surface area contributed by atoms with Crippen LogP contribution in [-0.2, 0) is 14.3 Å². The minimum absolute atomic E-state index is 0.122. The number of carbonyl (C=O) groups is 2. The second kappa shape index (κ2) is 4.95. The standard InChI is InChI=1S/C9H16O5/c1-6(10)4-8(13)14-9(2,3)5-7(11)12/h6,10H,4-5H2,1-3H3,(H,11,12). The Kier molecular flexibility index (Phi) is 4.56. The highest BCUT2D eigenvalue weighted by atomic mass is 16.6. The maximum atomic E-state index is 11.1. The molecular weight excluding hydrogens is 188 g/mol. The normalized spacial score (nSPS) is 13.4. The van der Waals surface area contributed by atoms with Gasteiger partial charge in [0.25, 0.3) is 0 Å². The van der Waals surface area contributed by atoms with Gasteiger partial charge in [-0.1, -0.05) is 0 Å². The summed E-state index contributed by atoms with van der Waals surface area (Å²) < 4.78 is 4.88. The average Bonchev–Trinajstić information content (AvgIpc) is 1.77. The number of carbonyl (C=O) groups excluding carboxylic acids is 1. The van der Waals surface area contributed by atoms with E-state index in [0.717, 1.165) is 0 Å². The van der Waals surface area contributed by atoms with Gasteiger partial charge in [0.1, 0.15) is 5.60 Å². The molecule has 0 bridgehead atoms. The molecule has 0 aromatic rings. The Morgan fingerprint density at radius 3 is 2.29 bits per heavy atom. The summed E-state index contributed by atoms with van der Waals surface area (Å²) in [5.74, 6) is -1.62. The minimum atomic E-state index is -1.03. The zero-order valence-corrected chi connectivity index (χ0v) is 8.61. The maximum absolute atomic E-state index is 11.1. The molecule has 0 saturated heterocycles. The van der Waals surface area contributed by atoms with Crippen LogP contribution >= 0.6 is 0 Å². The van der Waals surface area contributed by atoms with E-state index in [2.05, 4.69) is 0 Å². The topological polar surface area (TPSA) is 83.8 Å². The van der Waals surface area contributed by atoms with Crippen LogP contribution in [0.25, 0.3) is 0 Å². The third-order valence-electron chi connectivity index (χ3n) is 1.43. The summed E-state index contributed by atoms with van der Waals surface area (Å²) in [5.41, 5.74) is -1.03. The number of carboxylic acid groups (broad SMARTS) is 1. The van der Waals surface area contributed by atoms with E-state index in [1.807, 2.05) is 0 Å². The van der Waals surface area contributed by atoms with Gasteiger partial charge in [-0.05, 0) is 20.8 Å². The SMILES string of the molecule is CC(O)CC(=O)OC(C)(C)CC(=O)O. The molecule has 0 amide bonds. The largest absolute Gasteiger partial charge is 0.481 e. The summed E-state index contributed by atoms with van der Waals surface area (Å²) in [6, 6.07) is 0. The number of ether oxygens (including phenoxy) is 1. The van der Waals surface area contributed by atoms with Gasteiger partial charge in [-0.15, -0.1) is 0 Å². The lowest BCUT2D eigenvalue weighted by molar-refractivity contribution is -0.162. The van der Waals surface area contributed by atoms with Crippen LogP contribution in [0.1, 0.15) is 33.6 Å². The van der Waals surface area contributed by atoms with E-state index in [0.29, 0.717) is 0 Å². The summed E-state index contributed by atoms with van der Waals surface area (Å²) in [4.78, 5) is 21.5. The number of aliphatic hydroxyl groups is 1. The number of hydrogen-bond donors (Lipinski definition) is 2. The van der Waals surface area contributed by atoms with Crippen molar-refractivity contribution >= 4 is 11.9 Å². The number of hydrogen-bond acceptors (Lipinski definition) is 4. The lowest BCUT2D eigenvalue weighted by Gasteiger charge is -2.23. The fraction of sp³-hybridized carbons (Fsp3) is 0.778. The van der Waals surface area contributed by atoms with Gasteiger partial charge >= 0.3 is 11.9 Å². The number of aliphatic carboxylic acids is 1. The molecule has 0 fully saturated rings. The molecule has 1 unspecified atom stereocenters. The zero-order chi connectivity index (χ0) is 11.4. The van der Waals surface area contributed by atoms with Gasteiger partial charge < -0.3 is 14.9 Å². The summed E-state index contributed by atoms with van der Waals surface area (Å²) in [7, 11) is 0. The molecule has 0 heterocycles. The van der Waals surface area contributed by atoms with Crippen LogP contribution in [0.5, 0.6) is 0 Å². The Morgan fingerprint density at radius 2 is 1.93 bits per heavy atom. The first-order valence-corrected chi connectivity index (χ1v) is 4.34. The zero-order valence-electron chi connectivity index (χ0n) is 8.61. The van der Waals surface area contributed by atoms with Crippen molar-refractivity contribution in [1.29, 1.82) is 0 Å². The Morgan fingerprint density at radius 1 is 1.43 bits per heavy atom. The summed E-state index contributed by atoms with van der Waals surface area (Å²) >= 11 is 0. The molecule has 0 aromatic carbocycles. The lowest BCUT2D eigenvalue weighted by Crippen LogP contribution is -2.31. The first-order chi connectivity index (χ1) is 6.23. The molecule has 5 heteroatoms. The molecular formula is C9H16O5. The van der Waals surface area contributed by atoms with Crippen LogP contribution in [0, 0.1) is 0 Å². The van der Waals surface area contributed by atoms with Crippen molar-refractivity contribution in [2.75, 3.05) is 0 Å². The Hall–Kier alpha value is -1.10. The Balaban J connectivity index is 4.08. The van der Waals surface area contributed by atoms with Crippen LogP contribution < -0.4 is 0 Å². The molecule has 2 N–H and O–H groups in total. The third kappa shape index (κ3) is 6.42. The Labute approximate surface area is 82.7 Å². The summed E-state index contributed by atoms with van der Waals surface area (Å²) in [5, 5.41) is 17.4. The molecule has 5 nitrogen and oxygen atoms in total. The van der Waals surface area contributed by atoms with Crippen LogP contribution in [0.15, 0.2) is 0 Å². The van der Waals surface area contributed by atoms with E-state index in [-0.39, 0.29) is 12.8 Å². The number of aliphatic hydroxyl groups excluding tert-OH is 1. The summed E-state index contributed by atoms with van der Waals surface area (Å²) in [6.45, 7) is 4.49. The van der Waals surface area contributed by atoms with E-state index in [1.54, 1.807) is 0 Å². The summed E-state index contributed by atoms with van der Waals surface area (Å²) in [6.07, 6.45) is -1.15. The number of esters is 1. The smallest absolute Gasteiger partial charge is 0.308 e. The van der Waals surface area contributed by atoms with Gasteiger partial charge in [-0.25, -0.2) is 0 Å². The van der Waals surface area contributed by atoms with Gasteiger partial charge in [-0.2, -0.15) is 0 Å². The molecule has 0 radical (unpaired) electrons. The van der Waals surface area contributed by atoms with E-state index < -0.39 is 23.6 Å². The van der Waals surface area contributed by atoms with E-state index in [1.165, 1.54) is 20.8 Å². The van der Waals surface area contributed by atoms with Gasteiger partial charge in [-0.3, -0.25) is 9.59 Å². The molecule has 0 aromatic heterocycles. The second-order valence-electron chi connectivity index (χ2n) is 3.86. The first-order valence-electron chi connectivity index (χ1n) is 4.34. The molecule has 1 atom stereocenters. The molecule has 82 valence electrons. The van der Waals surface area contributed by atoms with Crippen molar-refractivity contribution in [2.45, 2.75) is 45.3 Å². The molecule has 0 aliphatic carbocycles. The van der Waals surface area contributed by atoms with E-state index >= 15 is 0 Å². The van der Waals surface area contributed by atoms with Crippen LogP contribution in [0.4, 0.5) is 0 Å². The Bertz CT molecular complexity index is 219. The first kappa shape index (κ1) is 12.9. The molecule has 0 aliphatic rings. The van der Waals surface area contributed by atoms with E-state index in [4.69, 9.17) is 14.9 Å². The quantitative estimate of drug-likeness (QED) is 0.639. The number of rotatable bonds is 5. The third-order valence-corrected chi connectivity index (χ3v) is 1.43. The van der Waals surface area contributed by atoms with Gasteiger partial charge in [0.05, 0.1) is 18.9 Å². The molecule has 0 rings (SSSR count). The monoisotopic (exact) mass is 204 g/mol. The van der Waals surface area contributed by atoms with Gasteiger partial charge in [0.15, 0.2) is 0 Å². The van der Waals surface area contributed by atoms with Crippen molar-refractivity contribution in [3.63, 3.8) is 0 Å². The highest BCUT2D eigenvalue weighted by Crippen LogP contribution is 2.15. The lowest BCUT2D eigenvalue weighted by atomic mass is 10.1. The van der Waals surface area contributed by atoms with Crippen molar-refractivity contribution in [2.24, 2.45) is 0 Å². The minimum Gasteiger partial charge on any atom is -0.481 e. The van der Waals surface area contributed by atoms with Crippen LogP contribution in [0.3, 0.4) is 0 Å². The fourth-order valence-electron chi connectivity index (χ4n) is 0.991. The molecule has 0 saturated carbocycles. The van der Waals surface area contributed by atoms with Crippen molar-refractivity contribution < 1.29 is 24.5 Å². The molecule has 14 heavy (non-hydrogen) atoms. The van der Waals surface area contributed by atoms with Crippen LogP contribution in [-0.4, -0.2) is 33.9 Å². The van der Waals surface area contributed by atoms with Gasteiger partial charge in [0.2, 0.25) is 0 Å². The average molecular weight is 204 g/mol. The highest BCUT2D eigenvalue weighted by Gasteiger charge is 2.26. The van der Waals surface area contributed by atoms with E-state index in [9.17, 15) is 9.59 Å². The maximum Gasteiger partial charge on any atom is 0.308 e. The van der Waals surface area contributed by atoms with Crippen molar-refractivity contribution in [3.8, 4) is 0 Å². The van der Waals surface area contributed by atoms with Crippen molar-refractivity contribution in [1.82, 2.24) is 0 Å². The van der Waals surface area contributed by atoms with Crippen molar-refractivity contribution in [3.05, 3.63) is 0 Å².